The summed E-state index contributed by atoms with van der Waals surface area (Å²) in [6, 6.07) is 90.5. The van der Waals surface area contributed by atoms with Crippen LogP contribution in [0.25, 0.3) is 131 Å². The Kier molecular flexibility index (Phi) is 12.5. The number of hydrogen-bond acceptors (Lipinski definition) is 0. The molecule has 0 N–H and O–H groups in total. The second-order valence-electron chi connectivity index (χ2n) is 21.9. The van der Waals surface area contributed by atoms with Crippen LogP contribution in [0.3, 0.4) is 0 Å². The van der Waals surface area contributed by atoms with Crippen LogP contribution < -0.4 is 0 Å². The van der Waals surface area contributed by atoms with Crippen molar-refractivity contribution in [1.29, 1.82) is 0 Å². The van der Waals surface area contributed by atoms with Gasteiger partial charge < -0.3 is 0 Å². The van der Waals surface area contributed by atoms with Crippen molar-refractivity contribution in [3.05, 3.63) is 273 Å². The third-order valence-electron chi connectivity index (χ3n) is 17.0. The number of benzene rings is 13. The molecule has 0 aliphatic heterocycles. The van der Waals surface area contributed by atoms with Crippen LogP contribution in [-0.4, -0.2) is 4.93 Å². The number of hydrogen-bond donors (Lipinski definition) is 0. The molecule has 0 saturated carbocycles. The summed E-state index contributed by atoms with van der Waals surface area (Å²) in [6.45, 7) is 9.10. The fourth-order valence-corrected chi connectivity index (χ4v) is 18.0. The third-order valence-corrected chi connectivity index (χ3v) is 22.9. The molecule has 0 spiro atoms. The zero-order valence-electron chi connectivity index (χ0n) is 45.5. The number of rotatable bonds is 9. The Balaban J connectivity index is 1.07. The van der Waals surface area contributed by atoms with Crippen LogP contribution in [0, 0.1) is 16.4 Å². The molecule has 1 aliphatic carbocycles. The number of allylic oxidation sites excluding steroid dienone is 4. The molecule has 1 aliphatic rings. The molecular weight excluding hydrogens is 1060 g/mol. The number of alkyl halides is 1. The SMILES string of the molecule is CCc1ccc(-c2c3ccccc3c(-c3cc(-c4c5ccccc5c(-c5ccc(C)cc5)c5ccccc45)cc(-c4c5ccccc5c(-c5ccc(I(C)C6=CC=C(C)CC6C)cc5)c5ccccc45)c3)c3ccccc23)cc1. The van der Waals surface area contributed by atoms with E-state index < -0.39 is 19.8 Å². The Bertz CT molecular complexity index is 4460. The van der Waals surface area contributed by atoms with Crippen molar-refractivity contribution in [1.82, 2.24) is 0 Å². The molecule has 380 valence electrons. The Morgan fingerprint density at radius 2 is 0.620 bits per heavy atom. The predicted octanol–water partition coefficient (Wildman–Crippen LogP) is 22.7. The first-order valence-corrected chi connectivity index (χ1v) is 32.3. The van der Waals surface area contributed by atoms with Crippen molar-refractivity contribution < 1.29 is 0 Å². The van der Waals surface area contributed by atoms with Crippen LogP contribution in [-0.2, 0) is 6.42 Å². The molecule has 13 aromatic carbocycles. The van der Waals surface area contributed by atoms with Gasteiger partial charge in [0.1, 0.15) is 0 Å². The van der Waals surface area contributed by atoms with Crippen LogP contribution in [0.15, 0.2) is 258 Å². The fraction of sp³-hybridized carbons (Fsp3) is 0.103. The van der Waals surface area contributed by atoms with Gasteiger partial charge in [-0.3, -0.25) is 0 Å². The molecule has 0 radical (unpaired) electrons. The minimum Gasteiger partial charge on any atom is -0.0616 e. The van der Waals surface area contributed by atoms with Crippen molar-refractivity contribution in [2.45, 2.75) is 40.5 Å². The average molecular weight is 1130 g/mol. The van der Waals surface area contributed by atoms with Crippen LogP contribution in [0.2, 0.25) is 0 Å². The van der Waals surface area contributed by atoms with Gasteiger partial charge in [0.25, 0.3) is 0 Å². The molecule has 14 rings (SSSR count). The minimum atomic E-state index is -1.56. The standard InChI is InChI=1S/C78H61I/c1-6-52-34-38-54(39-35-52)74-62-21-9-15-27-68(62)77(69-28-16-10-22-63(69)74)57-46-56(76-66-25-13-7-19-60(66)73(53-36-31-49(2)32-37-53)61-20-8-14-26-67(61)76)47-58(48-57)78-70-29-17-11-23-64(70)75(65-24-12-18-30-71(65)78)55-40-42-59(43-41-55)79(5)72-44-33-50(3)45-51(72)4/h7-44,46-48,51H,6,45H2,1-5H3. The zero-order chi connectivity index (χ0) is 53.3. The van der Waals surface area contributed by atoms with E-state index in [2.05, 4.69) is 281 Å². The van der Waals surface area contributed by atoms with Gasteiger partial charge in [0.15, 0.2) is 0 Å². The molecule has 0 fully saturated rings. The number of fused-ring (bicyclic) bond motifs is 6. The van der Waals surface area contributed by atoms with Crippen LogP contribution in [0.4, 0.5) is 0 Å². The summed E-state index contributed by atoms with van der Waals surface area (Å²) in [6.07, 6.45) is 6.98. The van der Waals surface area contributed by atoms with Gasteiger partial charge in [-0.05, 0) is 84.3 Å². The van der Waals surface area contributed by atoms with Crippen molar-refractivity contribution in [3.8, 4) is 66.8 Å². The third kappa shape index (κ3) is 8.41. The van der Waals surface area contributed by atoms with Gasteiger partial charge in [0.2, 0.25) is 0 Å². The molecule has 0 heterocycles. The molecule has 1 heteroatoms. The maximum absolute atomic E-state index is 2.53. The monoisotopic (exact) mass is 1120 g/mol. The Morgan fingerprint density at radius 1 is 0.342 bits per heavy atom. The molecular formula is C78H61I. The molecule has 0 aromatic heterocycles. The van der Waals surface area contributed by atoms with E-state index in [4.69, 9.17) is 0 Å². The molecule has 1 unspecified atom stereocenters. The van der Waals surface area contributed by atoms with Gasteiger partial charge in [-0.15, -0.1) is 0 Å². The molecule has 0 amide bonds. The van der Waals surface area contributed by atoms with Crippen molar-refractivity contribution in [3.63, 3.8) is 0 Å². The van der Waals surface area contributed by atoms with Crippen molar-refractivity contribution >= 4 is 84.5 Å². The van der Waals surface area contributed by atoms with E-state index in [1.165, 1.54) is 158 Å². The first kappa shape index (κ1) is 49.0. The molecule has 13 aromatic rings. The van der Waals surface area contributed by atoms with Crippen molar-refractivity contribution in [2.75, 3.05) is 4.93 Å². The number of aryl methyl sites for hydroxylation is 2. The summed E-state index contributed by atoms with van der Waals surface area (Å²) in [5.41, 5.74) is 19.0. The minimum absolute atomic E-state index is 0.607. The van der Waals surface area contributed by atoms with E-state index in [0.29, 0.717) is 5.92 Å². The molecule has 79 heavy (non-hydrogen) atoms. The van der Waals surface area contributed by atoms with Crippen LogP contribution in [0.1, 0.15) is 38.3 Å². The second-order valence-corrected chi connectivity index (χ2v) is 27.1. The maximum Gasteiger partial charge on any atom is -0.00927 e. The van der Waals surface area contributed by atoms with E-state index in [-0.39, 0.29) is 0 Å². The molecule has 0 bridgehead atoms. The number of halogens is 1. The molecule has 0 saturated heterocycles. The Hall–Kier alpha value is -8.37. The van der Waals surface area contributed by atoms with Gasteiger partial charge in [-0.2, -0.15) is 0 Å². The zero-order valence-corrected chi connectivity index (χ0v) is 47.7. The average Bonchev–Trinajstić information content (AvgIpc) is 3.67. The smallest absolute Gasteiger partial charge is 0.00927 e. The van der Waals surface area contributed by atoms with Gasteiger partial charge in [-0.1, -0.05) is 158 Å². The fourth-order valence-electron chi connectivity index (χ4n) is 13.3. The van der Waals surface area contributed by atoms with E-state index in [1.54, 1.807) is 3.58 Å². The van der Waals surface area contributed by atoms with Gasteiger partial charge in [0, 0.05) is 0 Å². The van der Waals surface area contributed by atoms with E-state index in [1.807, 2.05) is 0 Å². The summed E-state index contributed by atoms with van der Waals surface area (Å²) in [5.74, 6) is 0.607. The Labute approximate surface area is 471 Å². The van der Waals surface area contributed by atoms with E-state index >= 15 is 0 Å². The topological polar surface area (TPSA) is 0 Å². The van der Waals surface area contributed by atoms with Gasteiger partial charge in [0.05, 0.1) is 0 Å². The predicted molar refractivity (Wildman–Crippen MR) is 352 cm³/mol. The van der Waals surface area contributed by atoms with Crippen LogP contribution >= 0.6 is 19.8 Å². The van der Waals surface area contributed by atoms with E-state index in [0.717, 1.165) is 6.42 Å². The summed E-state index contributed by atoms with van der Waals surface area (Å²) >= 11 is -1.56. The second kappa shape index (κ2) is 20.1. The summed E-state index contributed by atoms with van der Waals surface area (Å²) in [4.78, 5) is 2.53. The largest absolute Gasteiger partial charge is 0.0616 e. The first-order valence-electron chi connectivity index (χ1n) is 28.0. The molecule has 0 nitrogen and oxygen atoms in total. The van der Waals surface area contributed by atoms with Gasteiger partial charge >= 0.3 is 233 Å². The maximum atomic E-state index is 2.53. The van der Waals surface area contributed by atoms with Crippen LogP contribution in [0.5, 0.6) is 0 Å². The summed E-state index contributed by atoms with van der Waals surface area (Å²) < 4.78 is 3.19. The summed E-state index contributed by atoms with van der Waals surface area (Å²) in [7, 11) is 0. The normalized spacial score (nSPS) is 13.9. The quantitative estimate of drug-likeness (QED) is 0.0768. The van der Waals surface area contributed by atoms with E-state index in [9.17, 15) is 0 Å². The van der Waals surface area contributed by atoms with Gasteiger partial charge in [-0.25, -0.2) is 0 Å². The van der Waals surface area contributed by atoms with Crippen molar-refractivity contribution in [2.24, 2.45) is 5.92 Å². The molecule has 1 atom stereocenters. The Morgan fingerprint density at radius 3 is 0.911 bits per heavy atom. The first-order chi connectivity index (χ1) is 38.8. The summed E-state index contributed by atoms with van der Waals surface area (Å²) in [5, 5.41) is 15.0.